The number of nitrogens with zero attached hydrogens (tertiary/aromatic N) is 2. The molecule has 2 aromatic rings. The summed E-state index contributed by atoms with van der Waals surface area (Å²) in [7, 11) is 0. The number of thiophene rings is 1. The quantitative estimate of drug-likeness (QED) is 0.922. The van der Waals surface area contributed by atoms with Crippen LogP contribution in [0.1, 0.15) is 51.9 Å². The SMILES string of the molecule is CCc1noc(C)c1C(=O)N1CCC(NC(=O)c2ccsc2)CC1. The molecule has 128 valence electrons. The summed E-state index contributed by atoms with van der Waals surface area (Å²) in [6.45, 7) is 4.98. The van der Waals surface area contributed by atoms with Gasteiger partial charge in [0.15, 0.2) is 0 Å². The van der Waals surface area contributed by atoms with Gasteiger partial charge in [0.25, 0.3) is 11.8 Å². The predicted octanol–water partition coefficient (Wildman–Crippen LogP) is 2.64. The third-order valence-corrected chi connectivity index (χ3v) is 5.07. The maximum absolute atomic E-state index is 12.7. The van der Waals surface area contributed by atoms with Crippen LogP contribution in [0.25, 0.3) is 0 Å². The number of likely N-dealkylation sites (tertiary alicyclic amines) is 1. The topological polar surface area (TPSA) is 75.4 Å². The van der Waals surface area contributed by atoms with Crippen molar-refractivity contribution in [3.63, 3.8) is 0 Å². The van der Waals surface area contributed by atoms with Gasteiger partial charge in [-0.05, 0) is 37.6 Å². The van der Waals surface area contributed by atoms with E-state index in [9.17, 15) is 9.59 Å². The van der Waals surface area contributed by atoms with Crippen molar-refractivity contribution in [2.24, 2.45) is 0 Å². The molecule has 1 N–H and O–H groups in total. The number of hydrogen-bond acceptors (Lipinski definition) is 5. The number of aryl methyl sites for hydroxylation is 2. The van der Waals surface area contributed by atoms with Crippen LogP contribution in [0.3, 0.4) is 0 Å². The first-order valence-electron chi connectivity index (χ1n) is 8.17. The van der Waals surface area contributed by atoms with E-state index in [2.05, 4.69) is 10.5 Å². The van der Waals surface area contributed by atoms with Gasteiger partial charge in [0, 0.05) is 30.1 Å². The molecule has 0 saturated carbocycles. The minimum atomic E-state index is -0.0378. The molecule has 3 rings (SSSR count). The fraction of sp³-hybridized carbons (Fsp3) is 0.471. The van der Waals surface area contributed by atoms with E-state index in [0.29, 0.717) is 42.1 Å². The van der Waals surface area contributed by atoms with Gasteiger partial charge in [0.05, 0.1) is 5.69 Å². The van der Waals surface area contributed by atoms with Crippen molar-refractivity contribution in [2.45, 2.75) is 39.2 Å². The Morgan fingerprint density at radius 2 is 2.17 bits per heavy atom. The smallest absolute Gasteiger partial charge is 0.259 e. The predicted molar refractivity (Wildman–Crippen MR) is 91.3 cm³/mol. The number of carbonyl (C=O) groups excluding carboxylic acids is 2. The first-order chi connectivity index (χ1) is 11.6. The van der Waals surface area contributed by atoms with Crippen LogP contribution in [0.5, 0.6) is 0 Å². The lowest BCUT2D eigenvalue weighted by Gasteiger charge is -2.32. The van der Waals surface area contributed by atoms with Crippen molar-refractivity contribution >= 4 is 23.2 Å². The fourth-order valence-corrected chi connectivity index (χ4v) is 3.62. The Balaban J connectivity index is 1.58. The summed E-state index contributed by atoms with van der Waals surface area (Å²) < 4.78 is 5.16. The zero-order chi connectivity index (χ0) is 17.1. The standard InChI is InChI=1S/C17H21N3O3S/c1-3-14-15(11(2)23-19-14)17(22)20-7-4-13(5-8-20)18-16(21)12-6-9-24-10-12/h6,9-10,13H,3-5,7-8H2,1-2H3,(H,18,21). The Kier molecular flexibility index (Phi) is 4.99. The summed E-state index contributed by atoms with van der Waals surface area (Å²) in [5.41, 5.74) is 2.01. The Hall–Kier alpha value is -2.15. The molecule has 0 radical (unpaired) electrons. The number of piperidine rings is 1. The largest absolute Gasteiger partial charge is 0.361 e. The molecular formula is C17H21N3O3S. The van der Waals surface area contributed by atoms with Crippen molar-refractivity contribution in [1.82, 2.24) is 15.4 Å². The van der Waals surface area contributed by atoms with Gasteiger partial charge in [-0.15, -0.1) is 0 Å². The lowest BCUT2D eigenvalue weighted by molar-refractivity contribution is 0.0695. The van der Waals surface area contributed by atoms with Gasteiger partial charge in [0.2, 0.25) is 0 Å². The molecule has 1 aliphatic rings. The van der Waals surface area contributed by atoms with E-state index < -0.39 is 0 Å². The molecule has 0 unspecified atom stereocenters. The van der Waals surface area contributed by atoms with Gasteiger partial charge in [-0.3, -0.25) is 9.59 Å². The highest BCUT2D eigenvalue weighted by molar-refractivity contribution is 7.08. The highest BCUT2D eigenvalue weighted by Gasteiger charge is 2.28. The van der Waals surface area contributed by atoms with E-state index in [-0.39, 0.29) is 17.9 Å². The van der Waals surface area contributed by atoms with Gasteiger partial charge >= 0.3 is 0 Å². The Morgan fingerprint density at radius 3 is 2.79 bits per heavy atom. The van der Waals surface area contributed by atoms with Gasteiger partial charge < -0.3 is 14.7 Å². The lowest BCUT2D eigenvalue weighted by Crippen LogP contribution is -2.46. The Bertz CT molecular complexity index is 716. The zero-order valence-electron chi connectivity index (χ0n) is 13.9. The van der Waals surface area contributed by atoms with Crippen LogP contribution in [0, 0.1) is 6.92 Å². The van der Waals surface area contributed by atoms with E-state index in [1.807, 2.05) is 28.7 Å². The van der Waals surface area contributed by atoms with E-state index in [4.69, 9.17) is 4.52 Å². The third-order valence-electron chi connectivity index (χ3n) is 4.38. The highest BCUT2D eigenvalue weighted by Crippen LogP contribution is 2.20. The fourth-order valence-electron chi connectivity index (χ4n) is 2.98. The van der Waals surface area contributed by atoms with Crippen LogP contribution in [0.15, 0.2) is 21.3 Å². The van der Waals surface area contributed by atoms with Gasteiger partial charge in [-0.1, -0.05) is 12.1 Å². The van der Waals surface area contributed by atoms with E-state index >= 15 is 0 Å². The van der Waals surface area contributed by atoms with Crippen molar-refractivity contribution in [3.05, 3.63) is 39.4 Å². The van der Waals surface area contributed by atoms with E-state index in [1.165, 1.54) is 11.3 Å². The number of amides is 2. The molecule has 6 nitrogen and oxygen atoms in total. The van der Waals surface area contributed by atoms with Crippen molar-refractivity contribution in [2.75, 3.05) is 13.1 Å². The molecule has 2 amide bonds. The molecular weight excluding hydrogens is 326 g/mol. The Labute approximate surface area is 144 Å². The molecule has 24 heavy (non-hydrogen) atoms. The Morgan fingerprint density at radius 1 is 1.42 bits per heavy atom. The molecule has 1 saturated heterocycles. The minimum absolute atomic E-state index is 0.0202. The van der Waals surface area contributed by atoms with Crippen LogP contribution < -0.4 is 5.32 Å². The van der Waals surface area contributed by atoms with E-state index in [1.54, 1.807) is 6.92 Å². The van der Waals surface area contributed by atoms with Gasteiger partial charge in [-0.25, -0.2) is 0 Å². The molecule has 0 spiro atoms. The summed E-state index contributed by atoms with van der Waals surface area (Å²) in [4.78, 5) is 26.6. The minimum Gasteiger partial charge on any atom is -0.361 e. The zero-order valence-corrected chi connectivity index (χ0v) is 14.7. The van der Waals surface area contributed by atoms with Crippen LogP contribution >= 0.6 is 11.3 Å². The van der Waals surface area contributed by atoms with Crippen LogP contribution in [0.4, 0.5) is 0 Å². The lowest BCUT2D eigenvalue weighted by atomic mass is 10.0. The summed E-state index contributed by atoms with van der Waals surface area (Å²) in [5.74, 6) is 0.516. The molecule has 0 aliphatic carbocycles. The second-order valence-electron chi connectivity index (χ2n) is 5.97. The van der Waals surface area contributed by atoms with Crippen LogP contribution in [0.2, 0.25) is 0 Å². The van der Waals surface area contributed by atoms with Crippen molar-refractivity contribution in [1.29, 1.82) is 0 Å². The first kappa shape index (κ1) is 16.7. The maximum Gasteiger partial charge on any atom is 0.259 e. The monoisotopic (exact) mass is 347 g/mol. The summed E-state index contributed by atoms with van der Waals surface area (Å²) in [6.07, 6.45) is 2.19. The second-order valence-corrected chi connectivity index (χ2v) is 6.75. The molecule has 1 fully saturated rings. The molecule has 0 aromatic carbocycles. The van der Waals surface area contributed by atoms with E-state index in [0.717, 1.165) is 12.8 Å². The number of nitrogens with one attached hydrogen (secondary N) is 1. The molecule has 1 aliphatic heterocycles. The maximum atomic E-state index is 12.7. The summed E-state index contributed by atoms with van der Waals surface area (Å²) in [5, 5.41) is 10.7. The van der Waals surface area contributed by atoms with Crippen LogP contribution in [-0.4, -0.2) is 41.0 Å². The van der Waals surface area contributed by atoms with Gasteiger partial charge in [-0.2, -0.15) is 11.3 Å². The van der Waals surface area contributed by atoms with Crippen molar-refractivity contribution in [3.8, 4) is 0 Å². The molecule has 3 heterocycles. The number of rotatable bonds is 4. The number of carbonyl (C=O) groups is 2. The molecule has 0 atom stereocenters. The highest BCUT2D eigenvalue weighted by atomic mass is 32.1. The summed E-state index contributed by atoms with van der Waals surface area (Å²) in [6, 6.07) is 1.93. The average molecular weight is 347 g/mol. The summed E-state index contributed by atoms with van der Waals surface area (Å²) >= 11 is 1.51. The average Bonchev–Trinajstić information content (AvgIpc) is 3.24. The molecule has 7 heteroatoms. The first-order valence-corrected chi connectivity index (χ1v) is 9.12. The molecule has 2 aromatic heterocycles. The number of aromatic nitrogens is 1. The molecule has 0 bridgehead atoms. The second kappa shape index (κ2) is 7.17. The van der Waals surface area contributed by atoms with Crippen molar-refractivity contribution < 1.29 is 14.1 Å². The van der Waals surface area contributed by atoms with Gasteiger partial charge in [0.1, 0.15) is 11.3 Å². The van der Waals surface area contributed by atoms with Crippen LogP contribution in [-0.2, 0) is 6.42 Å². The number of hydrogen-bond donors (Lipinski definition) is 1. The third kappa shape index (κ3) is 3.36. The normalized spacial score (nSPS) is 15.5.